The van der Waals surface area contributed by atoms with Gasteiger partial charge in [-0.3, -0.25) is 20.4 Å². The van der Waals surface area contributed by atoms with Gasteiger partial charge in [-0.15, -0.1) is 0 Å². The smallest absolute Gasteiger partial charge is 0.283 e. The third-order valence-electron chi connectivity index (χ3n) is 4.23. The van der Waals surface area contributed by atoms with Crippen LogP contribution in [0.1, 0.15) is 19.4 Å². The molecule has 2 aromatic rings. The van der Waals surface area contributed by atoms with Crippen LogP contribution in [0.25, 0.3) is 0 Å². The van der Waals surface area contributed by atoms with Crippen LogP contribution in [0.2, 0.25) is 0 Å². The number of hydrogen-bond acceptors (Lipinski definition) is 4. The molecular formula is C19H19FN2O4. The Morgan fingerprint density at radius 2 is 1.69 bits per heavy atom. The molecule has 6 nitrogen and oxygen atoms in total. The Morgan fingerprint density at radius 3 is 2.38 bits per heavy atom. The van der Waals surface area contributed by atoms with Gasteiger partial charge in [0.2, 0.25) is 12.0 Å². The van der Waals surface area contributed by atoms with Crippen molar-refractivity contribution in [3.63, 3.8) is 0 Å². The van der Waals surface area contributed by atoms with Gasteiger partial charge in [-0.25, -0.2) is 4.39 Å². The number of hydrogen-bond donors (Lipinski definition) is 2. The van der Waals surface area contributed by atoms with Crippen molar-refractivity contribution >= 4 is 11.8 Å². The maximum absolute atomic E-state index is 13.1. The number of para-hydroxylation sites is 2. The summed E-state index contributed by atoms with van der Waals surface area (Å²) < 4.78 is 24.1. The molecule has 1 aliphatic rings. The fourth-order valence-electron chi connectivity index (χ4n) is 2.50. The fraction of sp³-hybridized carbons (Fsp3) is 0.263. The van der Waals surface area contributed by atoms with Gasteiger partial charge in [0, 0.05) is 0 Å². The second kappa shape index (κ2) is 7.03. The van der Waals surface area contributed by atoms with Crippen molar-refractivity contribution in [3.05, 3.63) is 59.9 Å². The molecule has 1 atom stereocenters. The van der Waals surface area contributed by atoms with Crippen LogP contribution in [-0.4, -0.2) is 24.5 Å². The van der Waals surface area contributed by atoms with Crippen molar-refractivity contribution in [2.24, 2.45) is 0 Å². The second-order valence-corrected chi connectivity index (χ2v) is 6.44. The van der Waals surface area contributed by atoms with E-state index < -0.39 is 23.3 Å². The molecule has 7 heteroatoms. The highest BCUT2D eigenvalue weighted by atomic mass is 19.1. The average Bonchev–Trinajstić information content (AvgIpc) is 2.65. The number of nitrogens with one attached hydrogen (secondary N) is 2. The van der Waals surface area contributed by atoms with Crippen molar-refractivity contribution in [2.75, 3.05) is 6.61 Å². The lowest BCUT2D eigenvalue weighted by Gasteiger charge is -2.27. The zero-order valence-corrected chi connectivity index (χ0v) is 14.4. The summed E-state index contributed by atoms with van der Waals surface area (Å²) in [6.07, 6.45) is -0.876. The fourth-order valence-corrected chi connectivity index (χ4v) is 2.50. The highest BCUT2D eigenvalue weighted by molar-refractivity contribution is 5.90. The molecule has 2 amide bonds. The predicted molar refractivity (Wildman–Crippen MR) is 92.1 cm³/mol. The van der Waals surface area contributed by atoms with Gasteiger partial charge in [0.05, 0.1) is 5.41 Å². The second-order valence-electron chi connectivity index (χ2n) is 6.44. The molecule has 0 bridgehead atoms. The standard InChI is InChI=1S/C19H19FN2O4/c1-19(2,12-7-9-13(20)10-8-12)18(24)22-21-17(23)16-11-25-14-5-3-4-6-15(14)26-16/h3-10,16H,11H2,1-2H3,(H,21,23)(H,22,24). The third-order valence-corrected chi connectivity index (χ3v) is 4.23. The Balaban J connectivity index is 1.59. The summed E-state index contributed by atoms with van der Waals surface area (Å²) in [5, 5.41) is 0. The first-order chi connectivity index (χ1) is 12.4. The zero-order valence-electron chi connectivity index (χ0n) is 14.4. The van der Waals surface area contributed by atoms with E-state index in [2.05, 4.69) is 10.9 Å². The van der Waals surface area contributed by atoms with Gasteiger partial charge in [0.1, 0.15) is 12.4 Å². The first-order valence-electron chi connectivity index (χ1n) is 8.13. The van der Waals surface area contributed by atoms with Gasteiger partial charge in [-0.05, 0) is 43.7 Å². The van der Waals surface area contributed by atoms with E-state index in [0.29, 0.717) is 17.1 Å². The quantitative estimate of drug-likeness (QED) is 0.824. The predicted octanol–water partition coefficient (Wildman–Crippen LogP) is 2.09. The molecule has 2 aromatic carbocycles. The Morgan fingerprint density at radius 1 is 1.04 bits per heavy atom. The van der Waals surface area contributed by atoms with E-state index >= 15 is 0 Å². The molecule has 0 saturated carbocycles. The normalized spacial score (nSPS) is 15.9. The number of fused-ring (bicyclic) bond motifs is 1. The molecule has 0 radical (unpaired) electrons. The molecule has 136 valence electrons. The van der Waals surface area contributed by atoms with Crippen molar-refractivity contribution < 1.29 is 23.5 Å². The molecule has 0 saturated heterocycles. The minimum atomic E-state index is -0.961. The molecule has 3 rings (SSSR count). The monoisotopic (exact) mass is 358 g/mol. The Labute approximate surface area is 150 Å². The number of ether oxygens (including phenoxy) is 2. The third kappa shape index (κ3) is 3.61. The highest BCUT2D eigenvalue weighted by Crippen LogP contribution is 2.30. The number of rotatable bonds is 3. The number of halogens is 1. The number of amides is 2. The molecule has 1 aliphatic heterocycles. The van der Waals surface area contributed by atoms with Gasteiger partial charge in [-0.2, -0.15) is 0 Å². The molecular weight excluding hydrogens is 339 g/mol. The van der Waals surface area contributed by atoms with Gasteiger partial charge < -0.3 is 9.47 Å². The minimum absolute atomic E-state index is 0.0417. The van der Waals surface area contributed by atoms with Crippen molar-refractivity contribution in [2.45, 2.75) is 25.4 Å². The lowest BCUT2D eigenvalue weighted by atomic mass is 9.84. The highest BCUT2D eigenvalue weighted by Gasteiger charge is 2.32. The first-order valence-corrected chi connectivity index (χ1v) is 8.13. The lowest BCUT2D eigenvalue weighted by molar-refractivity contribution is -0.136. The van der Waals surface area contributed by atoms with Crippen LogP contribution in [0.4, 0.5) is 4.39 Å². The van der Waals surface area contributed by atoms with E-state index in [-0.39, 0.29) is 12.4 Å². The van der Waals surface area contributed by atoms with E-state index in [1.54, 1.807) is 38.1 Å². The van der Waals surface area contributed by atoms with Gasteiger partial charge in [0.15, 0.2) is 11.5 Å². The maximum Gasteiger partial charge on any atom is 0.283 e. The van der Waals surface area contributed by atoms with E-state index in [9.17, 15) is 14.0 Å². The molecule has 26 heavy (non-hydrogen) atoms. The van der Waals surface area contributed by atoms with Crippen LogP contribution in [0, 0.1) is 5.82 Å². The Hall–Kier alpha value is -3.09. The SMILES string of the molecule is CC(C)(C(=O)NNC(=O)C1COc2ccccc2O1)c1ccc(F)cc1. The zero-order chi connectivity index (χ0) is 18.7. The summed E-state index contributed by atoms with van der Waals surface area (Å²) in [5.74, 6) is -0.305. The van der Waals surface area contributed by atoms with Gasteiger partial charge >= 0.3 is 0 Å². The topological polar surface area (TPSA) is 76.7 Å². The van der Waals surface area contributed by atoms with E-state index in [0.717, 1.165) is 0 Å². The molecule has 1 unspecified atom stereocenters. The summed E-state index contributed by atoms with van der Waals surface area (Å²) in [7, 11) is 0. The number of hydrazine groups is 1. The largest absolute Gasteiger partial charge is 0.485 e. The molecule has 0 spiro atoms. The summed E-state index contributed by atoms with van der Waals surface area (Å²) in [6, 6.07) is 12.7. The molecule has 1 heterocycles. The van der Waals surface area contributed by atoms with E-state index in [1.807, 2.05) is 0 Å². The number of carbonyl (C=O) groups excluding carboxylic acids is 2. The Kier molecular flexibility index (Phi) is 4.79. The Bertz CT molecular complexity index is 821. The average molecular weight is 358 g/mol. The van der Waals surface area contributed by atoms with E-state index in [1.165, 1.54) is 24.3 Å². The lowest BCUT2D eigenvalue weighted by Crippen LogP contribution is -2.54. The van der Waals surface area contributed by atoms with Crippen LogP contribution < -0.4 is 20.3 Å². The van der Waals surface area contributed by atoms with Gasteiger partial charge in [-0.1, -0.05) is 24.3 Å². The molecule has 0 aromatic heterocycles. The van der Waals surface area contributed by atoms with E-state index in [4.69, 9.17) is 9.47 Å². The van der Waals surface area contributed by atoms with Crippen molar-refractivity contribution in [3.8, 4) is 11.5 Å². The van der Waals surface area contributed by atoms with Crippen LogP contribution in [0.3, 0.4) is 0 Å². The summed E-state index contributed by atoms with van der Waals surface area (Å²) in [5.41, 5.74) is 4.40. The summed E-state index contributed by atoms with van der Waals surface area (Å²) in [6.45, 7) is 3.40. The van der Waals surface area contributed by atoms with Crippen LogP contribution in [0.15, 0.2) is 48.5 Å². The molecule has 0 fully saturated rings. The van der Waals surface area contributed by atoms with Crippen LogP contribution in [-0.2, 0) is 15.0 Å². The summed E-state index contributed by atoms with van der Waals surface area (Å²) >= 11 is 0. The van der Waals surface area contributed by atoms with Crippen LogP contribution in [0.5, 0.6) is 11.5 Å². The first kappa shape index (κ1) is 17.7. The molecule has 0 aliphatic carbocycles. The van der Waals surface area contributed by atoms with Gasteiger partial charge in [0.25, 0.3) is 5.91 Å². The maximum atomic E-state index is 13.1. The number of benzene rings is 2. The van der Waals surface area contributed by atoms with Crippen molar-refractivity contribution in [1.82, 2.24) is 10.9 Å². The number of carbonyl (C=O) groups is 2. The minimum Gasteiger partial charge on any atom is -0.485 e. The summed E-state index contributed by atoms with van der Waals surface area (Å²) in [4.78, 5) is 24.7. The van der Waals surface area contributed by atoms with Crippen LogP contribution >= 0.6 is 0 Å². The van der Waals surface area contributed by atoms with Crippen molar-refractivity contribution in [1.29, 1.82) is 0 Å². The molecule has 2 N–H and O–H groups in total.